The molecule has 0 bridgehead atoms. The van der Waals surface area contributed by atoms with E-state index in [4.69, 9.17) is 0 Å². The molecule has 0 aliphatic carbocycles. The molecule has 0 fully saturated rings. The highest BCUT2D eigenvalue weighted by atomic mass is 32.2. The number of fused-ring (bicyclic) bond motifs is 1. The van der Waals surface area contributed by atoms with Crippen LogP contribution in [0.15, 0.2) is 41.8 Å². The van der Waals surface area contributed by atoms with Crippen LogP contribution in [-0.4, -0.2) is 52.0 Å². The summed E-state index contributed by atoms with van der Waals surface area (Å²) in [7, 11) is -2.13. The van der Waals surface area contributed by atoms with Crippen molar-refractivity contribution in [3.63, 3.8) is 0 Å². The van der Waals surface area contributed by atoms with Crippen LogP contribution in [0, 0.1) is 0 Å². The van der Waals surface area contributed by atoms with Gasteiger partial charge in [-0.3, -0.25) is 0 Å². The monoisotopic (exact) mass is 429 g/mol. The maximum atomic E-state index is 13.6. The SMILES string of the molecule is Cn1ccnc1C(O)(CCNc1ncnc2ccc(S(C)(=O)=O)cc12)C(F)(F)F. The molecule has 0 saturated carbocycles. The third kappa shape index (κ3) is 4.03. The number of rotatable bonds is 6. The number of halogens is 3. The smallest absolute Gasteiger partial charge is 0.374 e. The largest absolute Gasteiger partial charge is 0.424 e. The molecular formula is C17H18F3N5O3S. The summed E-state index contributed by atoms with van der Waals surface area (Å²) in [4.78, 5) is 11.7. The molecular weight excluding hydrogens is 411 g/mol. The van der Waals surface area contributed by atoms with Crippen LogP contribution >= 0.6 is 0 Å². The molecule has 1 aromatic carbocycles. The number of anilines is 1. The minimum Gasteiger partial charge on any atom is -0.374 e. The summed E-state index contributed by atoms with van der Waals surface area (Å²) < 4.78 is 65.4. The second-order valence-corrected chi connectivity index (χ2v) is 8.59. The number of aromatic nitrogens is 4. The van der Waals surface area contributed by atoms with Crippen LogP contribution in [0.3, 0.4) is 0 Å². The molecule has 0 aliphatic heterocycles. The lowest BCUT2D eigenvalue weighted by molar-refractivity contribution is -0.271. The van der Waals surface area contributed by atoms with Gasteiger partial charge < -0.3 is 15.0 Å². The van der Waals surface area contributed by atoms with Gasteiger partial charge in [-0.05, 0) is 18.2 Å². The van der Waals surface area contributed by atoms with Crippen molar-refractivity contribution in [1.82, 2.24) is 19.5 Å². The lowest BCUT2D eigenvalue weighted by Gasteiger charge is -2.30. The van der Waals surface area contributed by atoms with Gasteiger partial charge in [0.1, 0.15) is 18.0 Å². The molecule has 0 saturated heterocycles. The molecule has 0 amide bonds. The van der Waals surface area contributed by atoms with Crippen LogP contribution in [0.25, 0.3) is 10.9 Å². The topological polar surface area (TPSA) is 110 Å². The predicted molar refractivity (Wildman–Crippen MR) is 98.9 cm³/mol. The van der Waals surface area contributed by atoms with Gasteiger partial charge in [0.15, 0.2) is 9.84 Å². The first-order valence-corrected chi connectivity index (χ1v) is 10.3. The van der Waals surface area contributed by atoms with Crippen LogP contribution in [0.4, 0.5) is 19.0 Å². The van der Waals surface area contributed by atoms with Crippen LogP contribution in [0.1, 0.15) is 12.2 Å². The summed E-state index contributed by atoms with van der Waals surface area (Å²) in [5, 5.41) is 13.4. The summed E-state index contributed by atoms with van der Waals surface area (Å²) in [5.41, 5.74) is -2.75. The van der Waals surface area contributed by atoms with Crippen LogP contribution < -0.4 is 5.32 Å². The average molecular weight is 429 g/mol. The highest BCUT2D eigenvalue weighted by molar-refractivity contribution is 7.90. The van der Waals surface area contributed by atoms with E-state index >= 15 is 0 Å². The molecule has 3 rings (SSSR count). The third-order valence-electron chi connectivity index (χ3n) is 4.47. The summed E-state index contributed by atoms with van der Waals surface area (Å²) >= 11 is 0. The first-order valence-electron chi connectivity index (χ1n) is 8.39. The highest BCUT2D eigenvalue weighted by Gasteiger charge is 2.57. The Bertz CT molecular complexity index is 1150. The fraction of sp³-hybridized carbons (Fsp3) is 0.353. The van der Waals surface area contributed by atoms with Crippen LogP contribution in [-0.2, 0) is 22.5 Å². The zero-order chi connectivity index (χ0) is 21.4. The quantitative estimate of drug-likeness (QED) is 0.617. The molecule has 0 aliphatic rings. The molecule has 2 N–H and O–H groups in total. The maximum Gasteiger partial charge on any atom is 0.424 e. The molecule has 3 aromatic rings. The Morgan fingerprint density at radius 1 is 1.21 bits per heavy atom. The van der Waals surface area contributed by atoms with Gasteiger partial charge >= 0.3 is 6.18 Å². The molecule has 2 heterocycles. The Morgan fingerprint density at radius 2 is 1.93 bits per heavy atom. The molecule has 12 heteroatoms. The van der Waals surface area contributed by atoms with Crippen molar-refractivity contribution in [2.75, 3.05) is 18.1 Å². The van der Waals surface area contributed by atoms with Crippen molar-refractivity contribution in [1.29, 1.82) is 0 Å². The molecule has 2 aromatic heterocycles. The van der Waals surface area contributed by atoms with Gasteiger partial charge in [-0.1, -0.05) is 0 Å². The fourth-order valence-electron chi connectivity index (χ4n) is 2.91. The van der Waals surface area contributed by atoms with E-state index < -0.39 is 33.9 Å². The third-order valence-corrected chi connectivity index (χ3v) is 5.58. The number of sulfone groups is 1. The van der Waals surface area contributed by atoms with E-state index in [1.165, 1.54) is 44.0 Å². The molecule has 8 nitrogen and oxygen atoms in total. The maximum absolute atomic E-state index is 13.6. The van der Waals surface area contributed by atoms with Gasteiger partial charge in [-0.15, -0.1) is 0 Å². The predicted octanol–water partition coefficient (Wildman–Crippen LogP) is 2.02. The van der Waals surface area contributed by atoms with Crippen molar-refractivity contribution < 1.29 is 26.7 Å². The summed E-state index contributed by atoms with van der Waals surface area (Å²) in [6.07, 6.45) is -0.960. The highest BCUT2D eigenvalue weighted by Crippen LogP contribution is 2.40. The summed E-state index contributed by atoms with van der Waals surface area (Å²) in [6.45, 7) is -0.307. The van der Waals surface area contributed by atoms with E-state index in [0.29, 0.717) is 10.9 Å². The van der Waals surface area contributed by atoms with E-state index in [9.17, 15) is 26.7 Å². The van der Waals surface area contributed by atoms with Crippen molar-refractivity contribution in [3.8, 4) is 0 Å². The number of hydrogen-bond acceptors (Lipinski definition) is 7. The number of nitrogens with zero attached hydrogens (tertiary/aromatic N) is 4. The number of aliphatic hydroxyl groups is 1. The van der Waals surface area contributed by atoms with E-state index in [1.807, 2.05) is 0 Å². The van der Waals surface area contributed by atoms with Gasteiger partial charge in [0.2, 0.25) is 5.60 Å². The number of aryl methyl sites for hydroxylation is 1. The zero-order valence-electron chi connectivity index (χ0n) is 15.5. The van der Waals surface area contributed by atoms with Gasteiger partial charge in [-0.2, -0.15) is 13.2 Å². The van der Waals surface area contributed by atoms with Crippen molar-refractivity contribution in [2.24, 2.45) is 7.05 Å². The Hall–Kier alpha value is -2.73. The van der Waals surface area contributed by atoms with Gasteiger partial charge in [0.05, 0.1) is 10.4 Å². The average Bonchev–Trinajstić information content (AvgIpc) is 3.06. The summed E-state index contributed by atoms with van der Waals surface area (Å²) in [5.74, 6) is -0.372. The first-order chi connectivity index (χ1) is 13.4. The van der Waals surface area contributed by atoms with Crippen molar-refractivity contribution >= 4 is 26.6 Å². The molecule has 0 radical (unpaired) electrons. The molecule has 1 unspecified atom stereocenters. The number of nitrogens with one attached hydrogen (secondary N) is 1. The van der Waals surface area contributed by atoms with E-state index in [-0.39, 0.29) is 17.3 Å². The summed E-state index contributed by atoms with van der Waals surface area (Å²) in [6, 6.07) is 4.22. The second-order valence-electron chi connectivity index (χ2n) is 6.57. The van der Waals surface area contributed by atoms with E-state index in [0.717, 1.165) is 10.8 Å². The zero-order valence-corrected chi connectivity index (χ0v) is 16.3. The Labute approximate surface area is 164 Å². The van der Waals surface area contributed by atoms with Gasteiger partial charge in [-0.25, -0.2) is 23.4 Å². The number of hydrogen-bond donors (Lipinski definition) is 2. The second kappa shape index (κ2) is 7.26. The lowest BCUT2D eigenvalue weighted by atomic mass is 9.97. The van der Waals surface area contributed by atoms with E-state index in [1.54, 1.807) is 0 Å². The van der Waals surface area contributed by atoms with Crippen LogP contribution in [0.2, 0.25) is 0 Å². The first kappa shape index (κ1) is 21.0. The minimum atomic E-state index is -4.95. The minimum absolute atomic E-state index is 0.0302. The van der Waals surface area contributed by atoms with Crippen molar-refractivity contribution in [3.05, 3.63) is 42.7 Å². The molecule has 1 atom stereocenters. The fourth-order valence-corrected chi connectivity index (χ4v) is 3.56. The number of alkyl halides is 3. The number of benzene rings is 1. The molecule has 0 spiro atoms. The Morgan fingerprint density at radius 3 is 2.52 bits per heavy atom. The van der Waals surface area contributed by atoms with Crippen LogP contribution in [0.5, 0.6) is 0 Å². The van der Waals surface area contributed by atoms with E-state index in [2.05, 4.69) is 20.3 Å². The molecule has 29 heavy (non-hydrogen) atoms. The molecule has 156 valence electrons. The lowest BCUT2D eigenvalue weighted by Crippen LogP contribution is -2.45. The van der Waals surface area contributed by atoms with Crippen molar-refractivity contribution in [2.45, 2.75) is 23.1 Å². The number of imidazole rings is 1. The van der Waals surface area contributed by atoms with Gasteiger partial charge in [0, 0.05) is 44.0 Å². The van der Waals surface area contributed by atoms with Gasteiger partial charge in [0.25, 0.3) is 0 Å². The standard InChI is InChI=1S/C17H18F3N5O3S/c1-25-8-7-22-15(25)16(26,17(18,19)20)5-6-21-14-12-9-11(29(2,27)28)3-4-13(12)23-10-24-14/h3-4,7-10,26H,5-6H2,1-2H3,(H,21,23,24). The normalized spacial score (nSPS) is 14.7. The Balaban J connectivity index is 1.89. The Kier molecular flexibility index (Phi) is 5.26.